The molecule has 4 rings (SSSR count). The summed E-state index contributed by atoms with van der Waals surface area (Å²) >= 11 is 5.17. The Morgan fingerprint density at radius 2 is 2.03 bits per heavy atom. The van der Waals surface area contributed by atoms with Crippen LogP contribution < -0.4 is 0 Å². The van der Waals surface area contributed by atoms with Gasteiger partial charge in [0.1, 0.15) is 5.00 Å². The summed E-state index contributed by atoms with van der Waals surface area (Å²) in [5.41, 5.74) is 6.31. The van der Waals surface area contributed by atoms with Crippen LogP contribution in [0.2, 0.25) is 0 Å². The zero-order valence-electron chi connectivity index (χ0n) is 17.8. The summed E-state index contributed by atoms with van der Waals surface area (Å²) in [6.45, 7) is 4.07. The number of fused-ring (bicyclic) bond motifs is 1. The van der Waals surface area contributed by atoms with Crippen LogP contribution in [-0.2, 0) is 17.6 Å². The van der Waals surface area contributed by atoms with Crippen LogP contribution in [0.3, 0.4) is 0 Å². The molecule has 0 amide bonds. The molecular formula is C25H23BrN2O2S. The number of hydrogen-bond acceptors (Lipinski definition) is 4. The highest BCUT2D eigenvalue weighted by molar-refractivity contribution is 9.10. The third-order valence-corrected chi connectivity index (χ3v) is 7.54. The van der Waals surface area contributed by atoms with Gasteiger partial charge < -0.3 is 9.30 Å². The highest BCUT2D eigenvalue weighted by Crippen LogP contribution is 2.39. The van der Waals surface area contributed by atoms with Crippen molar-refractivity contribution in [3.63, 3.8) is 0 Å². The molecule has 1 aromatic carbocycles. The predicted octanol–water partition coefficient (Wildman–Crippen LogP) is 6.65. The number of hydrogen-bond donors (Lipinski definition) is 0. The number of nitrogens with zero attached hydrogens (tertiary/aromatic N) is 2. The van der Waals surface area contributed by atoms with E-state index in [2.05, 4.69) is 32.6 Å². The van der Waals surface area contributed by atoms with Crippen LogP contribution in [0.25, 0.3) is 16.7 Å². The van der Waals surface area contributed by atoms with Gasteiger partial charge in [-0.2, -0.15) is 5.26 Å². The van der Waals surface area contributed by atoms with Gasteiger partial charge in [0.05, 0.1) is 24.3 Å². The lowest BCUT2D eigenvalue weighted by atomic mass is 9.95. The highest BCUT2D eigenvalue weighted by Gasteiger charge is 2.28. The average Bonchev–Trinajstić information content (AvgIpc) is 3.27. The van der Waals surface area contributed by atoms with E-state index in [4.69, 9.17) is 4.74 Å². The molecule has 31 heavy (non-hydrogen) atoms. The maximum Gasteiger partial charge on any atom is 0.341 e. The second-order valence-corrected chi connectivity index (χ2v) is 9.72. The number of carbonyl (C=O) groups is 1. The number of nitriles is 1. The highest BCUT2D eigenvalue weighted by atomic mass is 79.9. The van der Waals surface area contributed by atoms with Crippen molar-refractivity contribution in [1.82, 2.24) is 4.57 Å². The van der Waals surface area contributed by atoms with Crippen molar-refractivity contribution in [2.75, 3.05) is 7.11 Å². The first kappa shape index (κ1) is 21.6. The van der Waals surface area contributed by atoms with Crippen LogP contribution in [0.5, 0.6) is 0 Å². The van der Waals surface area contributed by atoms with Crippen LogP contribution in [0.1, 0.15) is 56.2 Å². The Kier molecular flexibility index (Phi) is 6.17. The fraction of sp³-hybridized carbons (Fsp3) is 0.280. The van der Waals surface area contributed by atoms with E-state index in [0.717, 1.165) is 63.2 Å². The van der Waals surface area contributed by atoms with E-state index in [9.17, 15) is 10.1 Å². The Hall–Kier alpha value is -2.62. The zero-order valence-corrected chi connectivity index (χ0v) is 20.2. The van der Waals surface area contributed by atoms with E-state index < -0.39 is 0 Å². The summed E-state index contributed by atoms with van der Waals surface area (Å²) in [4.78, 5) is 14.0. The van der Waals surface area contributed by atoms with Crippen molar-refractivity contribution in [3.05, 3.63) is 73.3 Å². The van der Waals surface area contributed by atoms with Crippen molar-refractivity contribution in [2.24, 2.45) is 0 Å². The molecule has 0 fully saturated rings. The van der Waals surface area contributed by atoms with E-state index in [0.29, 0.717) is 11.1 Å². The topological polar surface area (TPSA) is 55.0 Å². The Labute approximate surface area is 194 Å². The lowest BCUT2D eigenvalue weighted by Gasteiger charge is -2.12. The second kappa shape index (κ2) is 8.86. The van der Waals surface area contributed by atoms with Crippen LogP contribution in [0.4, 0.5) is 0 Å². The SMILES string of the molecule is COC(=O)c1c(-n2c(C)cc(/C=C(/C#N)c3cccc(Br)c3)c2C)sc2c1CCCC2. The van der Waals surface area contributed by atoms with Crippen LogP contribution in [0, 0.1) is 25.2 Å². The summed E-state index contributed by atoms with van der Waals surface area (Å²) in [5, 5.41) is 10.7. The molecule has 6 heteroatoms. The van der Waals surface area contributed by atoms with Gasteiger partial charge in [-0.25, -0.2) is 4.79 Å². The number of allylic oxidation sites excluding steroid dienone is 1. The number of esters is 1. The fourth-order valence-electron chi connectivity index (χ4n) is 4.26. The molecule has 3 aromatic rings. The Balaban J connectivity index is 1.86. The molecule has 1 aliphatic rings. The van der Waals surface area contributed by atoms with E-state index in [1.54, 1.807) is 11.3 Å². The molecule has 0 saturated carbocycles. The molecule has 0 atom stereocenters. The van der Waals surface area contributed by atoms with Gasteiger partial charge in [0.15, 0.2) is 0 Å². The van der Waals surface area contributed by atoms with Crippen molar-refractivity contribution in [1.29, 1.82) is 5.26 Å². The van der Waals surface area contributed by atoms with Crippen LogP contribution >= 0.6 is 27.3 Å². The lowest BCUT2D eigenvalue weighted by Crippen LogP contribution is -2.11. The molecule has 0 N–H and O–H groups in total. The summed E-state index contributed by atoms with van der Waals surface area (Å²) < 4.78 is 8.23. The number of rotatable bonds is 4. The Bertz CT molecular complexity index is 1240. The van der Waals surface area contributed by atoms with Gasteiger partial charge in [-0.1, -0.05) is 28.1 Å². The normalized spacial score (nSPS) is 13.6. The minimum atomic E-state index is -0.272. The Morgan fingerprint density at radius 1 is 1.26 bits per heavy atom. The summed E-state index contributed by atoms with van der Waals surface area (Å²) in [7, 11) is 1.44. The second-order valence-electron chi connectivity index (χ2n) is 7.72. The number of benzene rings is 1. The third-order valence-electron chi connectivity index (χ3n) is 5.77. The molecule has 0 bridgehead atoms. The van der Waals surface area contributed by atoms with Gasteiger partial charge in [0.2, 0.25) is 0 Å². The number of thiophene rings is 1. The molecule has 0 spiro atoms. The Morgan fingerprint density at radius 3 is 2.74 bits per heavy atom. The maximum atomic E-state index is 12.7. The van der Waals surface area contributed by atoms with Crippen molar-refractivity contribution >= 4 is 44.9 Å². The number of halogens is 1. The molecule has 2 heterocycles. The molecule has 0 aliphatic heterocycles. The van der Waals surface area contributed by atoms with Gasteiger partial charge in [0.25, 0.3) is 0 Å². The zero-order chi connectivity index (χ0) is 22.1. The van der Waals surface area contributed by atoms with Gasteiger partial charge in [-0.15, -0.1) is 11.3 Å². The van der Waals surface area contributed by atoms with Crippen molar-refractivity contribution < 1.29 is 9.53 Å². The largest absolute Gasteiger partial charge is 0.465 e. The first-order valence-electron chi connectivity index (χ1n) is 10.2. The lowest BCUT2D eigenvalue weighted by molar-refractivity contribution is 0.0600. The molecule has 0 radical (unpaired) electrons. The molecule has 4 nitrogen and oxygen atoms in total. The molecule has 0 unspecified atom stereocenters. The third kappa shape index (κ3) is 4.00. The molecule has 0 saturated heterocycles. The maximum absolute atomic E-state index is 12.7. The number of carbonyl (C=O) groups excluding carboxylic acids is 1. The van der Waals surface area contributed by atoms with E-state index in [1.807, 2.05) is 44.2 Å². The summed E-state index contributed by atoms with van der Waals surface area (Å²) in [6.07, 6.45) is 6.11. The summed E-state index contributed by atoms with van der Waals surface area (Å²) in [6, 6.07) is 12.1. The quantitative estimate of drug-likeness (QED) is 0.301. The van der Waals surface area contributed by atoms with Gasteiger partial charge in [-0.3, -0.25) is 0 Å². The van der Waals surface area contributed by atoms with Gasteiger partial charge >= 0.3 is 5.97 Å². The minimum absolute atomic E-state index is 0.272. The van der Waals surface area contributed by atoms with Gasteiger partial charge in [0, 0.05) is 20.7 Å². The van der Waals surface area contributed by atoms with Gasteiger partial charge in [-0.05, 0) is 80.5 Å². The first-order chi connectivity index (χ1) is 14.9. The smallest absolute Gasteiger partial charge is 0.341 e. The van der Waals surface area contributed by atoms with Crippen molar-refractivity contribution in [2.45, 2.75) is 39.5 Å². The van der Waals surface area contributed by atoms with E-state index in [-0.39, 0.29) is 5.97 Å². The molecule has 2 aromatic heterocycles. The average molecular weight is 495 g/mol. The summed E-state index contributed by atoms with van der Waals surface area (Å²) in [5.74, 6) is -0.272. The van der Waals surface area contributed by atoms with E-state index in [1.165, 1.54) is 12.0 Å². The minimum Gasteiger partial charge on any atom is -0.465 e. The first-order valence-corrected chi connectivity index (χ1v) is 11.9. The molecule has 1 aliphatic carbocycles. The monoisotopic (exact) mass is 494 g/mol. The number of methoxy groups -OCH3 is 1. The number of ether oxygens (including phenoxy) is 1. The molecular weight excluding hydrogens is 472 g/mol. The standard InChI is InChI=1S/C25H23BrN2O2S/c1-15-11-18(12-19(14-27)17-7-6-8-20(26)13-17)16(2)28(15)24-23(25(29)30-3)21-9-4-5-10-22(21)31-24/h6-8,11-13H,4-5,9-10H2,1-3H3/b19-12-. The van der Waals surface area contributed by atoms with Crippen molar-refractivity contribution in [3.8, 4) is 11.1 Å². The van der Waals surface area contributed by atoms with E-state index >= 15 is 0 Å². The number of aromatic nitrogens is 1. The molecule has 158 valence electrons. The van der Waals surface area contributed by atoms with Crippen LogP contribution in [0.15, 0.2) is 34.8 Å². The van der Waals surface area contributed by atoms with Crippen LogP contribution in [-0.4, -0.2) is 17.6 Å². The fourth-order valence-corrected chi connectivity index (χ4v) is 6.15. The predicted molar refractivity (Wildman–Crippen MR) is 129 cm³/mol. The number of aryl methyl sites for hydroxylation is 2.